The first-order valence-electron chi connectivity index (χ1n) is 11.9. The van der Waals surface area contributed by atoms with Gasteiger partial charge in [-0.1, -0.05) is 103 Å². The summed E-state index contributed by atoms with van der Waals surface area (Å²) in [5, 5.41) is 3.96. The van der Waals surface area contributed by atoms with Crippen LogP contribution < -0.4 is 5.32 Å². The highest BCUT2D eigenvalue weighted by molar-refractivity contribution is 7.99. The van der Waals surface area contributed by atoms with Crippen molar-refractivity contribution in [2.24, 2.45) is 0 Å². The average Bonchev–Trinajstić information content (AvgIpc) is 3.32. The van der Waals surface area contributed by atoms with Crippen LogP contribution >= 0.6 is 11.8 Å². The third-order valence-corrected chi connectivity index (χ3v) is 6.60. The molecule has 0 spiro atoms. The lowest BCUT2D eigenvalue weighted by Crippen LogP contribution is -2.24. The molecule has 4 rings (SSSR count). The van der Waals surface area contributed by atoms with Gasteiger partial charge in [-0.25, -0.2) is 4.98 Å². The summed E-state index contributed by atoms with van der Waals surface area (Å²) in [5.41, 5.74) is 5.57. The van der Waals surface area contributed by atoms with Crippen LogP contribution in [0, 0.1) is 0 Å². The van der Waals surface area contributed by atoms with Gasteiger partial charge in [0.05, 0.1) is 11.4 Å². The van der Waals surface area contributed by atoms with Crippen LogP contribution in [-0.4, -0.2) is 28.2 Å². The van der Waals surface area contributed by atoms with Crippen molar-refractivity contribution in [3.05, 3.63) is 96.6 Å². The molecule has 0 radical (unpaired) electrons. The highest BCUT2D eigenvalue weighted by Gasteiger charge is 2.14. The molecule has 1 aromatic heterocycles. The summed E-state index contributed by atoms with van der Waals surface area (Å²) in [6.07, 6.45) is 4.41. The summed E-state index contributed by atoms with van der Waals surface area (Å²) in [4.78, 5) is 20.5. The van der Waals surface area contributed by atoms with Crippen LogP contribution in [0.3, 0.4) is 0 Å². The largest absolute Gasteiger partial charge is 0.356 e. The number of nitrogens with one attached hydrogen (secondary N) is 2. The molecule has 1 amide bonds. The van der Waals surface area contributed by atoms with Gasteiger partial charge in [-0.15, -0.1) is 0 Å². The number of H-pyrrole nitrogens is 1. The molecule has 174 valence electrons. The lowest BCUT2D eigenvalue weighted by molar-refractivity contribution is -0.121. The number of carbonyl (C=O) groups excluding carboxylic acids is 1. The predicted molar refractivity (Wildman–Crippen MR) is 142 cm³/mol. The number of nitrogens with zero attached hydrogens (tertiary/aromatic N) is 1. The van der Waals surface area contributed by atoms with E-state index in [1.807, 2.05) is 42.5 Å². The van der Waals surface area contributed by atoms with Crippen LogP contribution in [0.25, 0.3) is 22.5 Å². The Labute approximate surface area is 206 Å². The second-order valence-corrected chi connectivity index (χ2v) is 9.33. The molecule has 1 heterocycles. The number of hydrogen-bond donors (Lipinski definition) is 2. The number of unbranched alkanes of at least 4 members (excludes halogenated alkanes) is 1. The molecule has 0 aliphatic carbocycles. The number of imidazole rings is 1. The van der Waals surface area contributed by atoms with E-state index in [4.69, 9.17) is 4.98 Å². The van der Waals surface area contributed by atoms with Gasteiger partial charge in [-0.05, 0) is 31.2 Å². The molecule has 0 atom stereocenters. The van der Waals surface area contributed by atoms with E-state index in [-0.39, 0.29) is 5.91 Å². The van der Waals surface area contributed by atoms with Gasteiger partial charge in [-0.3, -0.25) is 4.79 Å². The Hall–Kier alpha value is -3.31. The van der Waals surface area contributed by atoms with E-state index in [2.05, 4.69) is 58.8 Å². The SMILES string of the molecule is O=C(CCCCSc1nc(-c2ccccc2)c(-c2ccccc2)[nH]1)NCCCc1ccccc1. The molecule has 4 aromatic rings. The van der Waals surface area contributed by atoms with Crippen LogP contribution in [0.5, 0.6) is 0 Å². The van der Waals surface area contributed by atoms with E-state index < -0.39 is 0 Å². The van der Waals surface area contributed by atoms with Crippen LogP contribution in [0.4, 0.5) is 0 Å². The Bertz CT molecular complexity index is 1090. The summed E-state index contributed by atoms with van der Waals surface area (Å²) in [7, 11) is 0. The number of carbonyl (C=O) groups is 1. The second-order valence-electron chi connectivity index (χ2n) is 8.24. The smallest absolute Gasteiger partial charge is 0.219 e. The maximum absolute atomic E-state index is 12.1. The maximum Gasteiger partial charge on any atom is 0.219 e. The number of aryl methyl sites for hydroxylation is 1. The van der Waals surface area contributed by atoms with Crippen molar-refractivity contribution in [1.82, 2.24) is 15.3 Å². The van der Waals surface area contributed by atoms with E-state index in [0.717, 1.165) is 65.7 Å². The first-order valence-corrected chi connectivity index (χ1v) is 12.9. The third kappa shape index (κ3) is 7.09. The molecule has 34 heavy (non-hydrogen) atoms. The molecule has 0 unspecified atom stereocenters. The van der Waals surface area contributed by atoms with E-state index in [1.54, 1.807) is 11.8 Å². The first kappa shape index (κ1) is 23.8. The summed E-state index contributed by atoms with van der Waals surface area (Å²) < 4.78 is 0. The summed E-state index contributed by atoms with van der Waals surface area (Å²) in [5.74, 6) is 1.07. The van der Waals surface area contributed by atoms with Crippen LogP contribution in [-0.2, 0) is 11.2 Å². The van der Waals surface area contributed by atoms with Crippen molar-refractivity contribution >= 4 is 17.7 Å². The lowest BCUT2D eigenvalue weighted by Gasteiger charge is -2.05. The van der Waals surface area contributed by atoms with Crippen molar-refractivity contribution < 1.29 is 4.79 Å². The molecule has 3 aromatic carbocycles. The van der Waals surface area contributed by atoms with E-state index in [9.17, 15) is 4.79 Å². The quantitative estimate of drug-likeness (QED) is 0.178. The number of benzene rings is 3. The van der Waals surface area contributed by atoms with Crippen LogP contribution in [0.2, 0.25) is 0 Å². The van der Waals surface area contributed by atoms with Gasteiger partial charge in [0.25, 0.3) is 0 Å². The van der Waals surface area contributed by atoms with Crippen molar-refractivity contribution in [3.63, 3.8) is 0 Å². The summed E-state index contributed by atoms with van der Waals surface area (Å²) >= 11 is 1.72. The minimum Gasteiger partial charge on any atom is -0.356 e. The molecule has 0 saturated carbocycles. The Balaban J connectivity index is 1.21. The highest BCUT2D eigenvalue weighted by Crippen LogP contribution is 2.32. The molecule has 4 nitrogen and oxygen atoms in total. The van der Waals surface area contributed by atoms with Gasteiger partial charge >= 0.3 is 0 Å². The molecule has 0 aliphatic rings. The predicted octanol–water partition coefficient (Wildman–Crippen LogP) is 6.76. The van der Waals surface area contributed by atoms with Gasteiger partial charge in [0, 0.05) is 29.8 Å². The molecule has 5 heteroatoms. The van der Waals surface area contributed by atoms with Crippen LogP contribution in [0.1, 0.15) is 31.2 Å². The minimum absolute atomic E-state index is 0.147. The normalized spacial score (nSPS) is 10.8. The number of amides is 1. The zero-order valence-corrected chi connectivity index (χ0v) is 20.2. The summed E-state index contributed by atoms with van der Waals surface area (Å²) in [6.45, 7) is 0.736. The van der Waals surface area contributed by atoms with Crippen molar-refractivity contribution in [3.8, 4) is 22.5 Å². The van der Waals surface area contributed by atoms with E-state index in [0.29, 0.717) is 6.42 Å². The van der Waals surface area contributed by atoms with Crippen molar-refractivity contribution in [2.75, 3.05) is 12.3 Å². The Morgan fingerprint density at radius 1 is 0.794 bits per heavy atom. The standard InChI is InChI=1S/C29H31N3OS/c33-26(30-21-12-15-23-13-4-1-5-14-23)20-10-11-22-34-29-31-27(24-16-6-2-7-17-24)28(32-29)25-18-8-3-9-19-25/h1-9,13-14,16-19H,10-12,15,20-22H2,(H,30,33)(H,31,32). The van der Waals surface area contributed by atoms with Gasteiger partial charge in [0.15, 0.2) is 5.16 Å². The number of aromatic nitrogens is 2. The highest BCUT2D eigenvalue weighted by atomic mass is 32.2. The van der Waals surface area contributed by atoms with Gasteiger partial charge in [0.1, 0.15) is 0 Å². The fraction of sp³-hybridized carbons (Fsp3) is 0.241. The number of hydrogen-bond acceptors (Lipinski definition) is 3. The molecular weight excluding hydrogens is 438 g/mol. The first-order chi connectivity index (χ1) is 16.8. The van der Waals surface area contributed by atoms with Gasteiger partial charge in [0.2, 0.25) is 5.91 Å². The minimum atomic E-state index is 0.147. The average molecular weight is 470 g/mol. The van der Waals surface area contributed by atoms with Gasteiger partial charge in [-0.2, -0.15) is 0 Å². The van der Waals surface area contributed by atoms with Crippen molar-refractivity contribution in [2.45, 2.75) is 37.3 Å². The molecule has 0 aliphatic heterocycles. The molecule has 0 bridgehead atoms. The second kappa shape index (κ2) is 12.8. The fourth-order valence-corrected chi connectivity index (χ4v) is 4.72. The number of thioether (sulfide) groups is 1. The Morgan fingerprint density at radius 3 is 2.15 bits per heavy atom. The molecule has 0 fully saturated rings. The van der Waals surface area contributed by atoms with E-state index in [1.165, 1.54) is 5.56 Å². The molecular formula is C29H31N3OS. The zero-order valence-electron chi connectivity index (χ0n) is 19.4. The Morgan fingerprint density at radius 2 is 1.44 bits per heavy atom. The monoisotopic (exact) mass is 469 g/mol. The fourth-order valence-electron chi connectivity index (χ4n) is 3.85. The Kier molecular flexibility index (Phi) is 8.98. The third-order valence-electron chi connectivity index (χ3n) is 5.64. The number of aromatic amines is 1. The molecule has 0 saturated heterocycles. The van der Waals surface area contributed by atoms with Crippen molar-refractivity contribution in [1.29, 1.82) is 0 Å². The zero-order chi connectivity index (χ0) is 23.4. The van der Waals surface area contributed by atoms with Crippen LogP contribution in [0.15, 0.2) is 96.2 Å². The van der Waals surface area contributed by atoms with E-state index >= 15 is 0 Å². The summed E-state index contributed by atoms with van der Waals surface area (Å²) in [6, 6.07) is 31.0. The molecule has 2 N–H and O–H groups in total. The lowest BCUT2D eigenvalue weighted by atomic mass is 10.1. The maximum atomic E-state index is 12.1. The number of rotatable bonds is 12. The van der Waals surface area contributed by atoms with Gasteiger partial charge < -0.3 is 10.3 Å². The topological polar surface area (TPSA) is 57.8 Å².